The molecule has 1 aromatic carbocycles. The van der Waals surface area contributed by atoms with Crippen LogP contribution in [0.15, 0.2) is 24.3 Å². The topological polar surface area (TPSA) is 56.1 Å². The van der Waals surface area contributed by atoms with E-state index < -0.39 is 0 Å². The van der Waals surface area contributed by atoms with Crippen LogP contribution < -0.4 is 5.32 Å². The second-order valence-corrected chi connectivity index (χ2v) is 9.62. The average molecular weight is 364 g/mol. The maximum Gasteiger partial charge on any atom is 0.237 e. The first-order valence-corrected chi connectivity index (χ1v) is 10.7. The number of rotatable bonds is 4. The molecule has 5 aliphatic rings. The third-order valence-corrected chi connectivity index (χ3v) is 7.56. The van der Waals surface area contributed by atoms with Gasteiger partial charge in [0, 0.05) is 12.1 Å². The maximum atomic E-state index is 13.2. The molecule has 1 aromatic rings. The fourth-order valence-electron chi connectivity index (χ4n) is 6.84. The van der Waals surface area contributed by atoms with Crippen molar-refractivity contribution >= 4 is 5.91 Å². The predicted molar refractivity (Wildman–Crippen MR) is 104 cm³/mol. The lowest BCUT2D eigenvalue weighted by Gasteiger charge is -2.57. The SMILES string of the molecule is N#Cc1ccc(CN2CCC[C@@H]2C(=O)NC23CC4CC(CC(C4)C2)C3)cc1. The lowest BCUT2D eigenvalue weighted by Crippen LogP contribution is -2.62. The van der Waals surface area contributed by atoms with Crippen molar-refractivity contribution in [2.75, 3.05) is 6.54 Å². The van der Waals surface area contributed by atoms with Gasteiger partial charge in [0.2, 0.25) is 5.91 Å². The molecule has 1 aliphatic heterocycles. The van der Waals surface area contributed by atoms with Crippen molar-refractivity contribution in [1.29, 1.82) is 5.26 Å². The van der Waals surface area contributed by atoms with Crippen molar-refractivity contribution in [2.45, 2.75) is 69.5 Å². The van der Waals surface area contributed by atoms with Crippen LogP contribution in [0.3, 0.4) is 0 Å². The number of amides is 1. The summed E-state index contributed by atoms with van der Waals surface area (Å²) in [6, 6.07) is 9.96. The molecular formula is C23H29N3O. The lowest BCUT2D eigenvalue weighted by atomic mass is 9.53. The Morgan fingerprint density at radius 3 is 2.33 bits per heavy atom. The highest BCUT2D eigenvalue weighted by atomic mass is 16.2. The molecule has 142 valence electrons. The quantitative estimate of drug-likeness (QED) is 0.889. The molecule has 27 heavy (non-hydrogen) atoms. The lowest BCUT2D eigenvalue weighted by molar-refractivity contribution is -0.131. The highest BCUT2D eigenvalue weighted by Gasteiger charge is 2.52. The number of hydrogen-bond donors (Lipinski definition) is 1. The molecular weight excluding hydrogens is 334 g/mol. The molecule has 1 heterocycles. The summed E-state index contributed by atoms with van der Waals surface area (Å²) in [7, 11) is 0. The van der Waals surface area contributed by atoms with Gasteiger partial charge in [-0.2, -0.15) is 5.26 Å². The van der Waals surface area contributed by atoms with Gasteiger partial charge >= 0.3 is 0 Å². The molecule has 1 saturated heterocycles. The smallest absolute Gasteiger partial charge is 0.237 e. The van der Waals surface area contributed by atoms with Crippen LogP contribution in [-0.4, -0.2) is 28.9 Å². The number of carbonyl (C=O) groups is 1. The van der Waals surface area contributed by atoms with Crippen molar-refractivity contribution in [3.05, 3.63) is 35.4 Å². The number of likely N-dealkylation sites (tertiary alicyclic amines) is 1. The summed E-state index contributed by atoms with van der Waals surface area (Å²) < 4.78 is 0. The predicted octanol–water partition coefficient (Wildman–Crippen LogP) is 3.61. The van der Waals surface area contributed by atoms with Gasteiger partial charge in [-0.05, 0) is 93.4 Å². The van der Waals surface area contributed by atoms with Crippen LogP contribution in [0.2, 0.25) is 0 Å². The van der Waals surface area contributed by atoms with Crippen LogP contribution in [0.4, 0.5) is 0 Å². The van der Waals surface area contributed by atoms with Crippen LogP contribution in [-0.2, 0) is 11.3 Å². The van der Waals surface area contributed by atoms with Crippen molar-refractivity contribution in [3.8, 4) is 6.07 Å². The Hall–Kier alpha value is -1.86. The fraction of sp³-hybridized carbons (Fsp3) is 0.652. The maximum absolute atomic E-state index is 13.2. The molecule has 6 rings (SSSR count). The molecule has 4 heteroatoms. The zero-order valence-corrected chi connectivity index (χ0v) is 16.0. The number of nitriles is 1. The summed E-state index contributed by atoms with van der Waals surface area (Å²) in [5.74, 6) is 2.84. The monoisotopic (exact) mass is 363 g/mol. The van der Waals surface area contributed by atoms with Crippen LogP contribution >= 0.6 is 0 Å². The Bertz CT molecular complexity index is 728. The molecule has 0 radical (unpaired) electrons. The van der Waals surface area contributed by atoms with E-state index in [9.17, 15) is 4.79 Å². The van der Waals surface area contributed by atoms with E-state index >= 15 is 0 Å². The van der Waals surface area contributed by atoms with Gasteiger partial charge in [0.15, 0.2) is 0 Å². The first kappa shape index (κ1) is 17.3. The molecule has 0 aromatic heterocycles. The summed E-state index contributed by atoms with van der Waals surface area (Å²) in [5, 5.41) is 12.5. The molecule has 1 N–H and O–H groups in total. The van der Waals surface area contributed by atoms with Crippen molar-refractivity contribution in [2.24, 2.45) is 17.8 Å². The minimum absolute atomic E-state index is 0.00801. The van der Waals surface area contributed by atoms with E-state index in [2.05, 4.69) is 16.3 Å². The fourth-order valence-corrected chi connectivity index (χ4v) is 6.84. The van der Waals surface area contributed by atoms with Gasteiger partial charge in [0.1, 0.15) is 0 Å². The van der Waals surface area contributed by atoms with Gasteiger partial charge in [0.05, 0.1) is 17.7 Å². The molecule has 4 nitrogen and oxygen atoms in total. The number of nitrogens with zero attached hydrogens (tertiary/aromatic N) is 2. The van der Waals surface area contributed by atoms with E-state index in [1.54, 1.807) is 0 Å². The number of benzene rings is 1. The summed E-state index contributed by atoms with van der Waals surface area (Å²) in [6.45, 7) is 1.78. The molecule has 5 fully saturated rings. The van der Waals surface area contributed by atoms with Crippen LogP contribution in [0.25, 0.3) is 0 Å². The molecule has 0 unspecified atom stereocenters. The van der Waals surface area contributed by atoms with Gasteiger partial charge in [-0.15, -0.1) is 0 Å². The van der Waals surface area contributed by atoms with Gasteiger partial charge < -0.3 is 5.32 Å². The normalized spacial score (nSPS) is 37.3. The van der Waals surface area contributed by atoms with Crippen LogP contribution in [0, 0.1) is 29.1 Å². The number of nitrogens with one attached hydrogen (secondary N) is 1. The van der Waals surface area contributed by atoms with E-state index in [-0.39, 0.29) is 17.5 Å². The van der Waals surface area contributed by atoms with Crippen molar-refractivity contribution in [1.82, 2.24) is 10.2 Å². The Morgan fingerprint density at radius 1 is 1.11 bits per heavy atom. The van der Waals surface area contributed by atoms with Gasteiger partial charge in [-0.3, -0.25) is 9.69 Å². The van der Waals surface area contributed by atoms with E-state index in [4.69, 9.17) is 5.26 Å². The Labute approximate surface area is 161 Å². The van der Waals surface area contributed by atoms with Crippen molar-refractivity contribution < 1.29 is 4.79 Å². The van der Waals surface area contributed by atoms with E-state index in [0.29, 0.717) is 5.56 Å². The second-order valence-electron chi connectivity index (χ2n) is 9.62. The zero-order chi connectivity index (χ0) is 18.4. The average Bonchev–Trinajstić information content (AvgIpc) is 3.09. The first-order chi connectivity index (χ1) is 13.1. The third-order valence-electron chi connectivity index (χ3n) is 7.56. The minimum atomic E-state index is 0.00801. The standard InChI is InChI=1S/C23H29N3O/c24-14-16-3-5-17(6-4-16)15-26-7-1-2-21(26)22(27)25-23-11-18-8-19(12-23)10-20(9-18)13-23/h3-6,18-21H,1-2,7-13,15H2,(H,25,27)/t18?,19?,20?,21-,23?/m1/s1. The molecule has 4 bridgehead atoms. The largest absolute Gasteiger partial charge is 0.349 e. The summed E-state index contributed by atoms with van der Waals surface area (Å²) in [4.78, 5) is 15.6. The third kappa shape index (κ3) is 3.27. The van der Waals surface area contributed by atoms with E-state index in [1.165, 1.54) is 44.1 Å². The summed E-state index contributed by atoms with van der Waals surface area (Å²) in [5.41, 5.74) is 1.98. The highest BCUT2D eigenvalue weighted by Crippen LogP contribution is 2.55. The molecule has 4 aliphatic carbocycles. The van der Waals surface area contributed by atoms with Crippen LogP contribution in [0.1, 0.15) is 62.5 Å². The Morgan fingerprint density at radius 2 is 1.74 bits per heavy atom. The first-order valence-electron chi connectivity index (χ1n) is 10.7. The summed E-state index contributed by atoms with van der Waals surface area (Å²) >= 11 is 0. The number of carbonyl (C=O) groups excluding carboxylic acids is 1. The molecule has 1 amide bonds. The zero-order valence-electron chi connectivity index (χ0n) is 16.0. The highest BCUT2D eigenvalue weighted by molar-refractivity contribution is 5.83. The minimum Gasteiger partial charge on any atom is -0.349 e. The van der Waals surface area contributed by atoms with Gasteiger partial charge in [-0.25, -0.2) is 0 Å². The van der Waals surface area contributed by atoms with Crippen LogP contribution in [0.5, 0.6) is 0 Å². The second kappa shape index (κ2) is 6.63. The Balaban J connectivity index is 1.26. The summed E-state index contributed by atoms with van der Waals surface area (Å²) in [6.07, 6.45) is 9.92. The molecule has 0 spiro atoms. The number of hydrogen-bond acceptors (Lipinski definition) is 3. The Kier molecular flexibility index (Phi) is 4.24. The van der Waals surface area contributed by atoms with E-state index in [1.807, 2.05) is 24.3 Å². The molecule has 4 saturated carbocycles. The van der Waals surface area contributed by atoms with Gasteiger partial charge in [-0.1, -0.05) is 12.1 Å². The molecule has 1 atom stereocenters. The van der Waals surface area contributed by atoms with Crippen molar-refractivity contribution in [3.63, 3.8) is 0 Å². The van der Waals surface area contributed by atoms with Gasteiger partial charge in [0.25, 0.3) is 0 Å². The van der Waals surface area contributed by atoms with E-state index in [0.717, 1.165) is 43.7 Å².